The second-order valence-corrected chi connectivity index (χ2v) is 5.01. The van der Waals surface area contributed by atoms with Crippen LogP contribution in [0, 0.1) is 5.82 Å². The molecule has 0 saturated heterocycles. The van der Waals surface area contributed by atoms with Crippen LogP contribution in [0.3, 0.4) is 0 Å². The molecule has 104 valence electrons. The molecule has 5 heteroatoms. The Morgan fingerprint density at radius 2 is 1.90 bits per heavy atom. The van der Waals surface area contributed by atoms with E-state index < -0.39 is 17.8 Å². The third kappa shape index (κ3) is 3.23. The van der Waals surface area contributed by atoms with E-state index in [1.54, 1.807) is 0 Å². The summed E-state index contributed by atoms with van der Waals surface area (Å²) < 4.78 is 13.5. The van der Waals surface area contributed by atoms with Crippen LogP contribution in [0.4, 0.5) is 4.39 Å². The molecule has 0 bridgehead atoms. The molecule has 1 amide bonds. The van der Waals surface area contributed by atoms with Gasteiger partial charge < -0.3 is 10.4 Å². The van der Waals surface area contributed by atoms with E-state index in [1.807, 2.05) is 30.3 Å². The van der Waals surface area contributed by atoms with Crippen LogP contribution < -0.4 is 5.32 Å². The van der Waals surface area contributed by atoms with E-state index in [9.17, 15) is 14.3 Å². The van der Waals surface area contributed by atoms with Crippen LogP contribution in [0.15, 0.2) is 53.0 Å². The van der Waals surface area contributed by atoms with Crippen molar-refractivity contribution in [3.63, 3.8) is 0 Å². The summed E-state index contributed by atoms with van der Waals surface area (Å²) in [5, 5.41) is 12.1. The van der Waals surface area contributed by atoms with Gasteiger partial charge in [-0.3, -0.25) is 4.79 Å². The molecule has 0 radical (unpaired) electrons. The lowest BCUT2D eigenvalue weighted by molar-refractivity contribution is 0.0915. The number of carbonyl (C=O) groups is 1. The molecule has 0 aliphatic carbocycles. The summed E-state index contributed by atoms with van der Waals surface area (Å²) in [6.07, 6.45) is 0. The average molecular weight is 338 g/mol. The van der Waals surface area contributed by atoms with Gasteiger partial charge >= 0.3 is 0 Å². The molecule has 0 aliphatic rings. The minimum absolute atomic E-state index is 0.113. The summed E-state index contributed by atoms with van der Waals surface area (Å²) in [6, 6.07) is 12.8. The van der Waals surface area contributed by atoms with Crippen molar-refractivity contribution < 1.29 is 14.3 Å². The van der Waals surface area contributed by atoms with Crippen LogP contribution in [-0.2, 0) is 0 Å². The van der Waals surface area contributed by atoms with E-state index in [4.69, 9.17) is 0 Å². The second kappa shape index (κ2) is 6.63. The highest BCUT2D eigenvalue weighted by molar-refractivity contribution is 9.10. The highest BCUT2D eigenvalue weighted by Gasteiger charge is 2.17. The number of hydrogen-bond donors (Lipinski definition) is 2. The summed E-state index contributed by atoms with van der Waals surface area (Å²) in [6.45, 7) is -0.233. The Hall–Kier alpha value is -1.72. The van der Waals surface area contributed by atoms with Crippen molar-refractivity contribution in [3.8, 4) is 0 Å². The number of hydrogen-bond acceptors (Lipinski definition) is 2. The number of aliphatic hydroxyl groups excluding tert-OH is 1. The highest BCUT2D eigenvalue weighted by atomic mass is 79.9. The summed E-state index contributed by atoms with van der Waals surface area (Å²) >= 11 is 3.05. The lowest BCUT2D eigenvalue weighted by Gasteiger charge is -2.17. The van der Waals surface area contributed by atoms with E-state index in [-0.39, 0.29) is 16.6 Å². The average Bonchev–Trinajstić information content (AvgIpc) is 2.48. The van der Waals surface area contributed by atoms with Crippen LogP contribution in [0.25, 0.3) is 0 Å². The third-order valence-corrected chi connectivity index (χ3v) is 3.69. The number of nitrogens with one attached hydrogen (secondary N) is 1. The Bertz CT molecular complexity index is 604. The largest absolute Gasteiger partial charge is 0.394 e. The highest BCUT2D eigenvalue weighted by Crippen LogP contribution is 2.21. The molecule has 0 fully saturated rings. The summed E-state index contributed by atoms with van der Waals surface area (Å²) in [5.74, 6) is -0.947. The van der Waals surface area contributed by atoms with Gasteiger partial charge in [-0.25, -0.2) is 4.39 Å². The van der Waals surface area contributed by atoms with Crippen molar-refractivity contribution >= 4 is 21.8 Å². The Morgan fingerprint density at radius 1 is 1.20 bits per heavy atom. The van der Waals surface area contributed by atoms with E-state index in [1.165, 1.54) is 18.2 Å². The molecule has 1 atom stereocenters. The first-order chi connectivity index (χ1) is 9.63. The predicted molar refractivity (Wildman–Crippen MR) is 77.8 cm³/mol. The number of amides is 1. The van der Waals surface area contributed by atoms with Gasteiger partial charge in [-0.1, -0.05) is 36.4 Å². The minimum atomic E-state index is -0.529. The maximum absolute atomic E-state index is 13.4. The topological polar surface area (TPSA) is 49.3 Å². The molecule has 20 heavy (non-hydrogen) atoms. The fourth-order valence-corrected chi connectivity index (χ4v) is 2.28. The SMILES string of the molecule is O=C(NC(CO)c1ccccc1)c1cccc(F)c1Br. The molecular formula is C15H13BrFNO2. The lowest BCUT2D eigenvalue weighted by atomic mass is 10.1. The molecule has 1 unspecified atom stereocenters. The summed E-state index contributed by atoms with van der Waals surface area (Å²) in [5.41, 5.74) is 0.982. The number of carbonyl (C=O) groups excluding carboxylic acids is 1. The van der Waals surface area contributed by atoms with Gasteiger partial charge in [0.05, 0.1) is 22.7 Å². The van der Waals surface area contributed by atoms with Crippen LogP contribution in [0.2, 0.25) is 0 Å². The molecule has 0 aromatic heterocycles. The van der Waals surface area contributed by atoms with Gasteiger partial charge in [0.1, 0.15) is 5.82 Å². The van der Waals surface area contributed by atoms with Crippen molar-refractivity contribution in [3.05, 3.63) is 69.9 Å². The van der Waals surface area contributed by atoms with Crippen molar-refractivity contribution in [1.82, 2.24) is 5.32 Å². The van der Waals surface area contributed by atoms with Gasteiger partial charge in [-0.15, -0.1) is 0 Å². The zero-order valence-corrected chi connectivity index (χ0v) is 12.1. The molecule has 2 aromatic rings. The van der Waals surface area contributed by atoms with E-state index >= 15 is 0 Å². The van der Waals surface area contributed by atoms with Crippen LogP contribution >= 0.6 is 15.9 Å². The maximum atomic E-state index is 13.4. The second-order valence-electron chi connectivity index (χ2n) is 4.22. The first kappa shape index (κ1) is 14.7. The molecule has 0 heterocycles. The van der Waals surface area contributed by atoms with Gasteiger partial charge in [-0.05, 0) is 33.6 Å². The van der Waals surface area contributed by atoms with Crippen LogP contribution in [0.1, 0.15) is 22.0 Å². The Kier molecular flexibility index (Phi) is 4.87. The van der Waals surface area contributed by atoms with Crippen molar-refractivity contribution in [2.45, 2.75) is 6.04 Å². The van der Waals surface area contributed by atoms with Crippen molar-refractivity contribution in [2.75, 3.05) is 6.61 Å². The Labute approximate surface area is 124 Å². The monoisotopic (exact) mass is 337 g/mol. The van der Waals surface area contributed by atoms with Crippen LogP contribution in [-0.4, -0.2) is 17.6 Å². The first-order valence-electron chi connectivity index (χ1n) is 6.04. The molecule has 2 aromatic carbocycles. The standard InChI is InChI=1S/C15H13BrFNO2/c16-14-11(7-4-8-12(14)17)15(20)18-13(9-19)10-5-2-1-3-6-10/h1-8,13,19H,9H2,(H,18,20). The van der Waals surface area contributed by atoms with Gasteiger partial charge in [-0.2, -0.15) is 0 Å². The molecule has 0 aliphatic heterocycles. The first-order valence-corrected chi connectivity index (χ1v) is 6.83. The predicted octanol–water partition coefficient (Wildman–Crippen LogP) is 3.05. The van der Waals surface area contributed by atoms with Crippen LogP contribution in [0.5, 0.6) is 0 Å². The van der Waals surface area contributed by atoms with Crippen molar-refractivity contribution in [1.29, 1.82) is 0 Å². The Balaban J connectivity index is 2.20. The molecule has 0 saturated carbocycles. The summed E-state index contributed by atoms with van der Waals surface area (Å²) in [4.78, 5) is 12.1. The fourth-order valence-electron chi connectivity index (χ4n) is 1.83. The zero-order chi connectivity index (χ0) is 14.5. The quantitative estimate of drug-likeness (QED) is 0.900. The third-order valence-electron chi connectivity index (χ3n) is 2.89. The number of rotatable bonds is 4. The van der Waals surface area contributed by atoms with Gasteiger partial charge in [0.15, 0.2) is 0 Å². The van der Waals surface area contributed by atoms with E-state index in [0.29, 0.717) is 0 Å². The fraction of sp³-hybridized carbons (Fsp3) is 0.133. The molecule has 3 nitrogen and oxygen atoms in total. The van der Waals surface area contributed by atoms with Gasteiger partial charge in [0.2, 0.25) is 0 Å². The zero-order valence-electron chi connectivity index (χ0n) is 10.5. The Morgan fingerprint density at radius 3 is 2.55 bits per heavy atom. The minimum Gasteiger partial charge on any atom is -0.394 e. The normalized spacial score (nSPS) is 11.9. The van der Waals surface area contributed by atoms with Gasteiger partial charge in [0.25, 0.3) is 5.91 Å². The molecule has 0 spiro atoms. The van der Waals surface area contributed by atoms with Gasteiger partial charge in [0, 0.05) is 0 Å². The smallest absolute Gasteiger partial charge is 0.253 e. The molecule has 2 rings (SSSR count). The van der Waals surface area contributed by atoms with E-state index in [2.05, 4.69) is 21.2 Å². The van der Waals surface area contributed by atoms with Crippen molar-refractivity contribution in [2.24, 2.45) is 0 Å². The number of aliphatic hydroxyl groups is 1. The number of halogens is 2. The summed E-state index contributed by atoms with van der Waals surface area (Å²) in [7, 11) is 0. The molecular weight excluding hydrogens is 325 g/mol. The number of benzene rings is 2. The van der Waals surface area contributed by atoms with E-state index in [0.717, 1.165) is 5.56 Å². The molecule has 2 N–H and O–H groups in total. The lowest BCUT2D eigenvalue weighted by Crippen LogP contribution is -2.31. The maximum Gasteiger partial charge on any atom is 0.253 e.